The van der Waals surface area contributed by atoms with Crippen LogP contribution in [0.1, 0.15) is 188 Å². The Kier molecular flexibility index (Phi) is 24.5. The number of benzene rings is 1. The normalized spacial score (nSPS) is 24.9. The van der Waals surface area contributed by atoms with Gasteiger partial charge in [-0.05, 0) is 30.7 Å². The molecule has 0 spiro atoms. The van der Waals surface area contributed by atoms with E-state index in [1.54, 1.807) is 0 Å². The second-order valence-electron chi connectivity index (χ2n) is 17.2. The van der Waals surface area contributed by atoms with Crippen LogP contribution in [-0.4, -0.2) is 60.3 Å². The van der Waals surface area contributed by atoms with E-state index in [4.69, 9.17) is 18.9 Å². The molecule has 2 aliphatic rings. The van der Waals surface area contributed by atoms with Gasteiger partial charge < -0.3 is 29.4 Å². The second-order valence-corrected chi connectivity index (χ2v) is 17.2. The van der Waals surface area contributed by atoms with Crippen molar-refractivity contribution in [1.82, 2.24) is 5.32 Å². The van der Waals surface area contributed by atoms with E-state index < -0.39 is 30.6 Å². The molecule has 2 aliphatic heterocycles. The van der Waals surface area contributed by atoms with Crippen LogP contribution < -0.4 is 5.32 Å². The van der Waals surface area contributed by atoms with E-state index in [0.29, 0.717) is 19.3 Å². The van der Waals surface area contributed by atoms with E-state index in [9.17, 15) is 14.7 Å². The molecular weight excluding hydrogens is 691 g/mol. The topological polar surface area (TPSA) is 103 Å². The highest BCUT2D eigenvalue weighted by atomic mass is 16.7. The summed E-state index contributed by atoms with van der Waals surface area (Å²) < 4.78 is 25.9. The van der Waals surface area contributed by atoms with Crippen LogP contribution in [0.25, 0.3) is 0 Å². The average molecular weight is 772 g/mol. The summed E-state index contributed by atoms with van der Waals surface area (Å²) in [6, 6.07) is 9.14. The van der Waals surface area contributed by atoms with E-state index in [1.807, 2.05) is 37.3 Å². The molecule has 55 heavy (non-hydrogen) atoms. The lowest BCUT2D eigenvalue weighted by Crippen LogP contribution is -2.68. The lowest BCUT2D eigenvalue weighted by molar-refractivity contribution is -0.305. The monoisotopic (exact) mass is 772 g/mol. The van der Waals surface area contributed by atoms with E-state index in [2.05, 4.69) is 33.0 Å². The smallest absolute Gasteiger partial charge is 0.306 e. The number of carbonyl (C=O) groups is 2. The molecule has 1 amide bonds. The third-order valence-electron chi connectivity index (χ3n) is 12.0. The number of hydrogen-bond donors (Lipinski definition) is 2. The van der Waals surface area contributed by atoms with Crippen molar-refractivity contribution in [3.63, 3.8) is 0 Å². The van der Waals surface area contributed by atoms with Crippen LogP contribution in [0.5, 0.6) is 0 Å². The van der Waals surface area contributed by atoms with Crippen LogP contribution in [0.2, 0.25) is 0 Å². The number of fused-ring (bicyclic) bond motifs is 1. The molecule has 2 fully saturated rings. The second kappa shape index (κ2) is 28.4. The standard InChI is InChI=1S/C47H81NO7/c1-6-8-10-12-14-16-18-20-23-27-36(3)31-42(50)48-44-46(55-43(51)32-37(4)28-24-21-19-17-15-13-11-9-7-2)45-41(33-40(34-49)38(5)53-45)54-47(44)52-35-39-29-25-22-26-30-39/h22,25-26,29-30,36-38,40-41,44-47,49H,6-21,23-24,27-28,31-35H2,1-5H3,(H,48,50)/t36-,37-,38?,40?,41?,44?,45-,46-,47+/m1/s1. The minimum Gasteiger partial charge on any atom is -0.457 e. The maximum atomic E-state index is 13.8. The molecule has 8 heteroatoms. The lowest BCUT2D eigenvalue weighted by Gasteiger charge is -2.50. The highest BCUT2D eigenvalue weighted by Crippen LogP contribution is 2.37. The number of rotatable bonds is 30. The molecule has 0 aliphatic carbocycles. The van der Waals surface area contributed by atoms with Crippen molar-refractivity contribution in [2.75, 3.05) is 6.61 Å². The Balaban J connectivity index is 1.63. The van der Waals surface area contributed by atoms with Crippen molar-refractivity contribution in [3.05, 3.63) is 35.9 Å². The Morgan fingerprint density at radius 3 is 1.84 bits per heavy atom. The van der Waals surface area contributed by atoms with Crippen LogP contribution >= 0.6 is 0 Å². The number of unbranched alkanes of at least 4 members (excludes halogenated alkanes) is 16. The number of aliphatic hydroxyl groups is 1. The van der Waals surface area contributed by atoms with Crippen molar-refractivity contribution >= 4 is 11.9 Å². The molecule has 2 heterocycles. The number of carbonyl (C=O) groups excluding carboxylic acids is 2. The Labute approximate surface area is 336 Å². The first-order valence-corrected chi connectivity index (χ1v) is 22.8. The molecule has 4 unspecified atom stereocenters. The number of amides is 1. The van der Waals surface area contributed by atoms with E-state index in [0.717, 1.165) is 31.2 Å². The molecule has 0 aromatic heterocycles. The van der Waals surface area contributed by atoms with Gasteiger partial charge in [-0.3, -0.25) is 9.59 Å². The fraction of sp³-hybridized carbons (Fsp3) is 0.830. The van der Waals surface area contributed by atoms with Gasteiger partial charge in [-0.2, -0.15) is 0 Å². The van der Waals surface area contributed by atoms with Crippen LogP contribution in [0.15, 0.2) is 30.3 Å². The first kappa shape index (κ1) is 47.4. The summed E-state index contributed by atoms with van der Waals surface area (Å²) in [7, 11) is 0. The summed E-state index contributed by atoms with van der Waals surface area (Å²) in [6.45, 7) is 11.0. The number of nitrogens with one attached hydrogen (secondary N) is 1. The molecule has 1 aromatic carbocycles. The van der Waals surface area contributed by atoms with Crippen molar-refractivity contribution in [3.8, 4) is 0 Å². The minimum atomic E-state index is -0.855. The first-order chi connectivity index (χ1) is 26.7. The van der Waals surface area contributed by atoms with Crippen LogP contribution in [0.3, 0.4) is 0 Å². The Morgan fingerprint density at radius 1 is 0.764 bits per heavy atom. The third kappa shape index (κ3) is 18.9. The lowest BCUT2D eigenvalue weighted by atomic mass is 9.85. The van der Waals surface area contributed by atoms with Crippen molar-refractivity contribution in [2.24, 2.45) is 17.8 Å². The molecule has 2 saturated heterocycles. The summed E-state index contributed by atoms with van der Waals surface area (Å²) in [5.41, 5.74) is 0.980. The fourth-order valence-electron chi connectivity index (χ4n) is 8.37. The van der Waals surface area contributed by atoms with Crippen molar-refractivity contribution in [2.45, 2.75) is 226 Å². The van der Waals surface area contributed by atoms with Gasteiger partial charge in [0.25, 0.3) is 0 Å². The number of hydrogen-bond acceptors (Lipinski definition) is 7. The average Bonchev–Trinajstić information content (AvgIpc) is 3.17. The number of esters is 1. The summed E-state index contributed by atoms with van der Waals surface area (Å²) in [4.78, 5) is 27.5. The van der Waals surface area contributed by atoms with Gasteiger partial charge in [-0.1, -0.05) is 186 Å². The molecule has 3 rings (SSSR count). The Bertz CT molecular complexity index is 1130. The first-order valence-electron chi connectivity index (χ1n) is 22.8. The predicted molar refractivity (Wildman–Crippen MR) is 222 cm³/mol. The number of aliphatic hydroxyl groups excluding tert-OH is 1. The van der Waals surface area contributed by atoms with Crippen LogP contribution in [0.4, 0.5) is 0 Å². The maximum Gasteiger partial charge on any atom is 0.306 e. The van der Waals surface area contributed by atoms with Gasteiger partial charge in [0, 0.05) is 25.4 Å². The molecule has 0 saturated carbocycles. The fourth-order valence-corrected chi connectivity index (χ4v) is 8.37. The van der Waals surface area contributed by atoms with Gasteiger partial charge in [0.1, 0.15) is 12.1 Å². The molecule has 8 nitrogen and oxygen atoms in total. The molecule has 2 N–H and O–H groups in total. The van der Waals surface area contributed by atoms with E-state index in [1.165, 1.54) is 103 Å². The van der Waals surface area contributed by atoms with Gasteiger partial charge in [0.05, 0.1) is 18.8 Å². The Morgan fingerprint density at radius 2 is 1.29 bits per heavy atom. The zero-order valence-corrected chi connectivity index (χ0v) is 35.7. The van der Waals surface area contributed by atoms with E-state index in [-0.39, 0.29) is 48.9 Å². The largest absolute Gasteiger partial charge is 0.457 e. The predicted octanol–water partition coefficient (Wildman–Crippen LogP) is 11.0. The SMILES string of the molecule is CCCCCCCCCCC[C@@H](C)CC(=O)NC1[C@@H](OCc2ccccc2)OC2CC(CO)C(C)O[C@H]2[C@@H]1OC(=O)C[C@H](C)CCCCCCCCCCC. The molecule has 9 atom stereocenters. The van der Waals surface area contributed by atoms with E-state index >= 15 is 0 Å². The maximum absolute atomic E-state index is 13.8. The van der Waals surface area contributed by atoms with Gasteiger partial charge in [0.2, 0.25) is 5.91 Å². The van der Waals surface area contributed by atoms with Crippen molar-refractivity contribution in [1.29, 1.82) is 0 Å². The number of ether oxygens (including phenoxy) is 4. The Hall–Kier alpha value is -2.00. The highest BCUT2D eigenvalue weighted by Gasteiger charge is 2.53. The molecule has 0 bridgehead atoms. The van der Waals surface area contributed by atoms with Gasteiger partial charge in [0.15, 0.2) is 12.4 Å². The van der Waals surface area contributed by atoms with Gasteiger partial charge >= 0.3 is 5.97 Å². The summed E-state index contributed by atoms with van der Waals surface area (Å²) >= 11 is 0. The zero-order chi connectivity index (χ0) is 39.7. The van der Waals surface area contributed by atoms with Crippen LogP contribution in [0, 0.1) is 17.8 Å². The minimum absolute atomic E-state index is 0.0267. The van der Waals surface area contributed by atoms with Gasteiger partial charge in [-0.15, -0.1) is 0 Å². The highest BCUT2D eigenvalue weighted by molar-refractivity contribution is 5.77. The third-order valence-corrected chi connectivity index (χ3v) is 12.0. The van der Waals surface area contributed by atoms with Crippen LogP contribution in [-0.2, 0) is 35.1 Å². The quantitative estimate of drug-likeness (QED) is 0.0593. The van der Waals surface area contributed by atoms with Gasteiger partial charge in [-0.25, -0.2) is 0 Å². The zero-order valence-electron chi connectivity index (χ0n) is 35.7. The molecular formula is C47H81NO7. The molecule has 0 radical (unpaired) electrons. The molecule has 1 aromatic rings. The summed E-state index contributed by atoms with van der Waals surface area (Å²) in [6.07, 6.45) is 23.3. The molecule has 316 valence electrons. The summed E-state index contributed by atoms with van der Waals surface area (Å²) in [5.74, 6) is -0.0748. The van der Waals surface area contributed by atoms with Crippen molar-refractivity contribution < 1.29 is 33.6 Å². The summed E-state index contributed by atoms with van der Waals surface area (Å²) in [5, 5.41) is 13.4.